The highest BCUT2D eigenvalue weighted by atomic mass is 14.9. The minimum Gasteiger partial charge on any atom is -0.308 e. The highest BCUT2D eigenvalue weighted by Crippen LogP contribution is 2.15. The predicted molar refractivity (Wildman–Crippen MR) is 76.3 cm³/mol. The Labute approximate surface area is 107 Å². The van der Waals surface area contributed by atoms with Gasteiger partial charge in [0, 0.05) is 12.1 Å². The third-order valence-corrected chi connectivity index (χ3v) is 3.29. The first-order valence-electron chi connectivity index (χ1n) is 6.81. The van der Waals surface area contributed by atoms with Gasteiger partial charge in [0.2, 0.25) is 0 Å². The molecule has 17 heavy (non-hydrogen) atoms. The zero-order valence-corrected chi connectivity index (χ0v) is 12.0. The monoisotopic (exact) mass is 233 g/mol. The topological polar surface area (TPSA) is 12.0 Å². The largest absolute Gasteiger partial charge is 0.308 e. The lowest BCUT2D eigenvalue weighted by Gasteiger charge is -2.21. The van der Waals surface area contributed by atoms with E-state index in [0.717, 1.165) is 5.92 Å². The predicted octanol–water partition coefficient (Wildman–Crippen LogP) is 4.47. The van der Waals surface area contributed by atoms with E-state index < -0.39 is 0 Å². The van der Waals surface area contributed by atoms with E-state index in [4.69, 9.17) is 0 Å². The van der Waals surface area contributed by atoms with E-state index >= 15 is 0 Å². The van der Waals surface area contributed by atoms with Crippen LogP contribution < -0.4 is 5.32 Å². The van der Waals surface area contributed by atoms with Crippen LogP contribution in [0.2, 0.25) is 0 Å². The SMILES string of the molecule is Cc1ccc(C(C)NC(C)CCC(C)C)cc1. The Morgan fingerprint density at radius 2 is 1.53 bits per heavy atom. The summed E-state index contributed by atoms with van der Waals surface area (Å²) in [5.41, 5.74) is 2.71. The van der Waals surface area contributed by atoms with E-state index in [1.54, 1.807) is 0 Å². The third-order valence-electron chi connectivity index (χ3n) is 3.29. The van der Waals surface area contributed by atoms with E-state index in [1.807, 2.05) is 0 Å². The molecule has 0 saturated carbocycles. The number of rotatable bonds is 6. The molecule has 2 atom stereocenters. The molecule has 0 radical (unpaired) electrons. The van der Waals surface area contributed by atoms with Crippen molar-refractivity contribution < 1.29 is 0 Å². The molecule has 0 fully saturated rings. The van der Waals surface area contributed by atoms with Crippen LogP contribution in [-0.4, -0.2) is 6.04 Å². The molecule has 1 aromatic rings. The molecular formula is C16H27N. The Morgan fingerprint density at radius 1 is 0.941 bits per heavy atom. The summed E-state index contributed by atoms with van der Waals surface area (Å²) in [6.07, 6.45) is 2.56. The van der Waals surface area contributed by atoms with Gasteiger partial charge in [0.1, 0.15) is 0 Å². The molecule has 0 spiro atoms. The number of nitrogens with one attached hydrogen (secondary N) is 1. The summed E-state index contributed by atoms with van der Waals surface area (Å²) in [7, 11) is 0. The molecule has 1 rings (SSSR count). The van der Waals surface area contributed by atoms with Crippen LogP contribution in [0.4, 0.5) is 0 Å². The van der Waals surface area contributed by atoms with Gasteiger partial charge in [-0.05, 0) is 45.1 Å². The molecule has 96 valence electrons. The van der Waals surface area contributed by atoms with Crippen LogP contribution >= 0.6 is 0 Å². The molecule has 0 saturated heterocycles. The van der Waals surface area contributed by atoms with Crippen molar-refractivity contribution in [3.63, 3.8) is 0 Å². The van der Waals surface area contributed by atoms with Crippen LogP contribution in [0.1, 0.15) is 57.7 Å². The minimum atomic E-state index is 0.442. The van der Waals surface area contributed by atoms with Crippen LogP contribution in [0.15, 0.2) is 24.3 Å². The van der Waals surface area contributed by atoms with Crippen molar-refractivity contribution >= 4 is 0 Å². The fourth-order valence-electron chi connectivity index (χ4n) is 2.04. The van der Waals surface area contributed by atoms with Gasteiger partial charge in [0.25, 0.3) is 0 Å². The second kappa shape index (κ2) is 6.80. The van der Waals surface area contributed by atoms with Crippen molar-refractivity contribution in [3.05, 3.63) is 35.4 Å². The zero-order valence-electron chi connectivity index (χ0n) is 12.0. The van der Waals surface area contributed by atoms with Gasteiger partial charge in [-0.2, -0.15) is 0 Å². The Hall–Kier alpha value is -0.820. The Morgan fingerprint density at radius 3 is 2.06 bits per heavy atom. The van der Waals surface area contributed by atoms with Crippen LogP contribution in [-0.2, 0) is 0 Å². The summed E-state index contributed by atoms with van der Waals surface area (Å²) in [6.45, 7) is 11.2. The minimum absolute atomic E-state index is 0.442. The van der Waals surface area contributed by atoms with Crippen LogP contribution in [0.25, 0.3) is 0 Å². The highest BCUT2D eigenvalue weighted by Gasteiger charge is 2.09. The number of aryl methyl sites for hydroxylation is 1. The van der Waals surface area contributed by atoms with Gasteiger partial charge in [-0.15, -0.1) is 0 Å². The maximum atomic E-state index is 3.67. The lowest BCUT2D eigenvalue weighted by molar-refractivity contribution is 0.417. The van der Waals surface area contributed by atoms with E-state index in [-0.39, 0.29) is 0 Å². The molecule has 1 nitrogen and oxygen atoms in total. The van der Waals surface area contributed by atoms with Crippen molar-refractivity contribution in [3.8, 4) is 0 Å². The maximum absolute atomic E-state index is 3.67. The molecule has 0 aliphatic rings. The quantitative estimate of drug-likeness (QED) is 0.764. The molecule has 0 aliphatic carbocycles. The maximum Gasteiger partial charge on any atom is 0.0294 e. The molecule has 1 aromatic carbocycles. The van der Waals surface area contributed by atoms with Crippen molar-refractivity contribution in [2.24, 2.45) is 5.92 Å². The van der Waals surface area contributed by atoms with Crippen molar-refractivity contribution in [2.75, 3.05) is 0 Å². The fraction of sp³-hybridized carbons (Fsp3) is 0.625. The van der Waals surface area contributed by atoms with E-state index in [1.165, 1.54) is 24.0 Å². The number of hydrogen-bond acceptors (Lipinski definition) is 1. The molecule has 0 amide bonds. The second-order valence-corrected chi connectivity index (χ2v) is 5.67. The average Bonchev–Trinajstić information content (AvgIpc) is 2.27. The molecular weight excluding hydrogens is 206 g/mol. The van der Waals surface area contributed by atoms with Gasteiger partial charge in [0.15, 0.2) is 0 Å². The molecule has 1 N–H and O–H groups in total. The van der Waals surface area contributed by atoms with Gasteiger partial charge in [-0.3, -0.25) is 0 Å². The molecule has 0 aromatic heterocycles. The lowest BCUT2D eigenvalue weighted by atomic mass is 10.0. The summed E-state index contributed by atoms with van der Waals surface area (Å²) in [5, 5.41) is 3.67. The van der Waals surface area contributed by atoms with Gasteiger partial charge >= 0.3 is 0 Å². The summed E-state index contributed by atoms with van der Waals surface area (Å²) >= 11 is 0. The third kappa shape index (κ3) is 5.36. The summed E-state index contributed by atoms with van der Waals surface area (Å²) in [5.74, 6) is 0.800. The van der Waals surface area contributed by atoms with E-state index in [9.17, 15) is 0 Å². The van der Waals surface area contributed by atoms with Crippen LogP contribution in [0.3, 0.4) is 0 Å². The molecule has 0 heterocycles. The second-order valence-electron chi connectivity index (χ2n) is 5.67. The van der Waals surface area contributed by atoms with Gasteiger partial charge in [0.05, 0.1) is 0 Å². The fourth-order valence-corrected chi connectivity index (χ4v) is 2.04. The highest BCUT2D eigenvalue weighted by molar-refractivity contribution is 5.23. The Kier molecular flexibility index (Phi) is 5.70. The van der Waals surface area contributed by atoms with E-state index in [0.29, 0.717) is 12.1 Å². The van der Waals surface area contributed by atoms with Crippen molar-refractivity contribution in [1.29, 1.82) is 0 Å². The van der Waals surface area contributed by atoms with Gasteiger partial charge in [-0.1, -0.05) is 43.7 Å². The van der Waals surface area contributed by atoms with Crippen molar-refractivity contribution in [1.82, 2.24) is 5.32 Å². The number of benzene rings is 1. The normalized spacial score (nSPS) is 14.9. The van der Waals surface area contributed by atoms with Gasteiger partial charge < -0.3 is 5.32 Å². The smallest absolute Gasteiger partial charge is 0.0294 e. The Balaban J connectivity index is 2.42. The Bertz CT molecular complexity index is 313. The standard InChI is InChI=1S/C16H27N/c1-12(2)6-9-14(4)17-15(5)16-10-7-13(3)8-11-16/h7-8,10-12,14-15,17H,6,9H2,1-5H3. The van der Waals surface area contributed by atoms with Gasteiger partial charge in [-0.25, -0.2) is 0 Å². The molecule has 0 aliphatic heterocycles. The summed E-state index contributed by atoms with van der Waals surface area (Å²) in [4.78, 5) is 0. The van der Waals surface area contributed by atoms with Crippen LogP contribution in [0, 0.1) is 12.8 Å². The van der Waals surface area contributed by atoms with Crippen LogP contribution in [0.5, 0.6) is 0 Å². The first-order chi connectivity index (χ1) is 7.99. The molecule has 1 heteroatoms. The summed E-state index contributed by atoms with van der Waals surface area (Å²) < 4.78 is 0. The average molecular weight is 233 g/mol. The molecule has 2 unspecified atom stereocenters. The molecule has 0 bridgehead atoms. The first-order valence-corrected chi connectivity index (χ1v) is 6.81. The van der Waals surface area contributed by atoms with Crippen molar-refractivity contribution in [2.45, 2.75) is 59.5 Å². The van der Waals surface area contributed by atoms with E-state index in [2.05, 4.69) is 64.2 Å². The zero-order chi connectivity index (χ0) is 12.8. The lowest BCUT2D eigenvalue weighted by Crippen LogP contribution is -2.29. The first kappa shape index (κ1) is 14.2. The summed E-state index contributed by atoms with van der Waals surface area (Å²) in [6, 6.07) is 9.86. The number of hydrogen-bond donors (Lipinski definition) is 1.